The third kappa shape index (κ3) is 4.92. The largest absolute Gasteiger partial charge is 0.289 e. The number of carbonyl (C=O) groups is 1. The topological polar surface area (TPSA) is 78.5 Å². The predicted molar refractivity (Wildman–Crippen MR) is 77.6 cm³/mol. The van der Waals surface area contributed by atoms with E-state index in [1.807, 2.05) is 13.8 Å². The van der Waals surface area contributed by atoms with Gasteiger partial charge in [0.25, 0.3) is 0 Å². The van der Waals surface area contributed by atoms with Gasteiger partial charge in [0.15, 0.2) is 0 Å². The number of rotatable bonds is 6. The molecule has 0 heterocycles. The van der Waals surface area contributed by atoms with Gasteiger partial charge in [-0.25, -0.2) is 18.1 Å². The van der Waals surface area contributed by atoms with Crippen molar-refractivity contribution in [1.82, 2.24) is 15.2 Å². The van der Waals surface area contributed by atoms with Crippen LogP contribution in [0.3, 0.4) is 0 Å². The molecule has 1 rings (SSSR count). The summed E-state index contributed by atoms with van der Waals surface area (Å²) in [6.07, 6.45) is 0.0856. The van der Waals surface area contributed by atoms with E-state index in [2.05, 4.69) is 10.1 Å². The summed E-state index contributed by atoms with van der Waals surface area (Å²) >= 11 is 0. The zero-order chi connectivity index (χ0) is 15.3. The third-order valence-corrected chi connectivity index (χ3v) is 4.24. The summed E-state index contributed by atoms with van der Waals surface area (Å²) in [5, 5.41) is 1.51. The molecule has 1 aromatic rings. The Morgan fingerprint density at radius 1 is 1.20 bits per heavy atom. The smallest absolute Gasteiger partial charge is 0.240 e. The second kappa shape index (κ2) is 6.83. The van der Waals surface area contributed by atoms with Crippen LogP contribution in [0.5, 0.6) is 0 Å². The fourth-order valence-electron chi connectivity index (χ4n) is 1.57. The zero-order valence-corrected chi connectivity index (χ0v) is 13.0. The molecular formula is C13H21N3O3S. The van der Waals surface area contributed by atoms with Gasteiger partial charge in [0.1, 0.15) is 0 Å². The molecule has 7 heteroatoms. The number of nitrogens with zero attached hydrogens (tertiary/aromatic N) is 1. The molecule has 0 spiro atoms. The number of aryl methyl sites for hydroxylation is 2. The molecule has 0 aromatic heterocycles. The van der Waals surface area contributed by atoms with Gasteiger partial charge in [0.2, 0.25) is 15.9 Å². The summed E-state index contributed by atoms with van der Waals surface area (Å²) in [5.41, 5.74) is 4.50. The maximum absolute atomic E-state index is 12.0. The highest BCUT2D eigenvalue weighted by Crippen LogP contribution is 2.14. The van der Waals surface area contributed by atoms with Crippen molar-refractivity contribution in [3.63, 3.8) is 0 Å². The fourth-order valence-corrected chi connectivity index (χ4v) is 2.69. The first-order chi connectivity index (χ1) is 9.22. The van der Waals surface area contributed by atoms with Crippen LogP contribution in [-0.2, 0) is 14.8 Å². The van der Waals surface area contributed by atoms with E-state index in [-0.39, 0.29) is 23.8 Å². The molecule has 0 atom stereocenters. The minimum atomic E-state index is -3.57. The normalized spacial score (nSPS) is 11.7. The maximum Gasteiger partial charge on any atom is 0.240 e. The Morgan fingerprint density at radius 3 is 2.40 bits per heavy atom. The summed E-state index contributed by atoms with van der Waals surface area (Å²) in [5.74, 6) is -0.238. The molecule has 2 N–H and O–H groups in total. The number of sulfonamides is 1. The van der Waals surface area contributed by atoms with Gasteiger partial charge in [-0.05, 0) is 37.1 Å². The molecule has 0 saturated heterocycles. The van der Waals surface area contributed by atoms with Gasteiger partial charge in [-0.15, -0.1) is 0 Å². The van der Waals surface area contributed by atoms with E-state index >= 15 is 0 Å². The van der Waals surface area contributed by atoms with E-state index in [4.69, 9.17) is 0 Å². The van der Waals surface area contributed by atoms with Gasteiger partial charge < -0.3 is 0 Å². The van der Waals surface area contributed by atoms with Gasteiger partial charge in [0.05, 0.1) is 4.90 Å². The van der Waals surface area contributed by atoms with Gasteiger partial charge in [-0.2, -0.15) is 0 Å². The highest BCUT2D eigenvalue weighted by Gasteiger charge is 2.14. The van der Waals surface area contributed by atoms with Crippen LogP contribution in [0.4, 0.5) is 0 Å². The Balaban J connectivity index is 2.62. The minimum absolute atomic E-state index is 0.0644. The number of hydrogen-bond acceptors (Lipinski definition) is 4. The first-order valence-electron chi connectivity index (χ1n) is 6.26. The minimum Gasteiger partial charge on any atom is -0.289 e. The number of hydrazine groups is 1. The van der Waals surface area contributed by atoms with E-state index in [9.17, 15) is 13.2 Å². The van der Waals surface area contributed by atoms with Crippen LogP contribution >= 0.6 is 0 Å². The number of amides is 1. The molecule has 0 fully saturated rings. The Morgan fingerprint density at radius 2 is 1.85 bits per heavy atom. The predicted octanol–water partition coefficient (Wildman–Crippen LogP) is 0.565. The quantitative estimate of drug-likeness (QED) is 0.753. The average molecular weight is 299 g/mol. The lowest BCUT2D eigenvalue weighted by atomic mass is 10.1. The number of benzene rings is 1. The molecular weight excluding hydrogens is 278 g/mol. The van der Waals surface area contributed by atoms with Crippen molar-refractivity contribution in [3.05, 3.63) is 29.3 Å². The monoisotopic (exact) mass is 299 g/mol. The third-order valence-electron chi connectivity index (χ3n) is 2.78. The van der Waals surface area contributed by atoms with Crippen molar-refractivity contribution in [1.29, 1.82) is 0 Å². The zero-order valence-electron chi connectivity index (χ0n) is 12.2. The Hall–Kier alpha value is -1.44. The van der Waals surface area contributed by atoms with Crippen molar-refractivity contribution in [2.24, 2.45) is 0 Å². The maximum atomic E-state index is 12.0. The molecule has 0 radical (unpaired) electrons. The van der Waals surface area contributed by atoms with E-state index in [0.29, 0.717) is 0 Å². The average Bonchev–Trinajstić information content (AvgIpc) is 2.31. The number of nitrogens with one attached hydrogen (secondary N) is 2. The molecule has 1 aromatic carbocycles. The lowest BCUT2D eigenvalue weighted by Crippen LogP contribution is -2.38. The van der Waals surface area contributed by atoms with Crippen molar-refractivity contribution < 1.29 is 13.2 Å². The molecule has 0 aliphatic heterocycles. The first kappa shape index (κ1) is 16.6. The molecule has 0 aliphatic carbocycles. The Bertz CT molecular complexity index is 583. The Labute approximate surface area is 120 Å². The highest BCUT2D eigenvalue weighted by atomic mass is 32.2. The lowest BCUT2D eigenvalue weighted by Gasteiger charge is -2.12. The SMILES string of the molecule is Cc1ccc(S(=O)(=O)NCCC(=O)NN(C)C)cc1C. The van der Waals surface area contributed by atoms with E-state index in [1.54, 1.807) is 32.3 Å². The van der Waals surface area contributed by atoms with Crippen molar-refractivity contribution >= 4 is 15.9 Å². The van der Waals surface area contributed by atoms with Crippen LogP contribution in [0, 0.1) is 13.8 Å². The highest BCUT2D eigenvalue weighted by molar-refractivity contribution is 7.89. The first-order valence-corrected chi connectivity index (χ1v) is 7.74. The summed E-state index contributed by atoms with van der Waals surface area (Å²) < 4.78 is 26.5. The van der Waals surface area contributed by atoms with E-state index in [0.717, 1.165) is 11.1 Å². The molecule has 0 unspecified atom stereocenters. The molecule has 6 nitrogen and oxygen atoms in total. The van der Waals surface area contributed by atoms with Crippen LogP contribution in [0.1, 0.15) is 17.5 Å². The number of carbonyl (C=O) groups excluding carboxylic acids is 1. The summed E-state index contributed by atoms with van der Waals surface area (Å²) in [7, 11) is -0.184. The summed E-state index contributed by atoms with van der Waals surface area (Å²) in [6.45, 7) is 3.85. The standard InChI is InChI=1S/C13H21N3O3S/c1-10-5-6-12(9-11(10)2)20(18,19)14-8-7-13(17)15-16(3)4/h5-6,9,14H,7-8H2,1-4H3,(H,15,17). The van der Waals surface area contributed by atoms with Crippen LogP contribution in [-0.4, -0.2) is 40.0 Å². The molecule has 112 valence electrons. The second-order valence-electron chi connectivity index (χ2n) is 4.82. The van der Waals surface area contributed by atoms with E-state index in [1.165, 1.54) is 5.01 Å². The van der Waals surface area contributed by atoms with Crippen LogP contribution in [0.2, 0.25) is 0 Å². The molecule has 1 amide bonds. The van der Waals surface area contributed by atoms with Crippen LogP contribution in [0.15, 0.2) is 23.1 Å². The van der Waals surface area contributed by atoms with Gasteiger partial charge in [0, 0.05) is 27.1 Å². The number of hydrogen-bond donors (Lipinski definition) is 2. The van der Waals surface area contributed by atoms with Crippen molar-refractivity contribution in [3.8, 4) is 0 Å². The van der Waals surface area contributed by atoms with Crippen molar-refractivity contribution in [2.75, 3.05) is 20.6 Å². The lowest BCUT2D eigenvalue weighted by molar-refractivity contribution is -0.124. The van der Waals surface area contributed by atoms with Crippen LogP contribution in [0.25, 0.3) is 0 Å². The van der Waals surface area contributed by atoms with E-state index < -0.39 is 10.0 Å². The van der Waals surface area contributed by atoms with Crippen molar-refractivity contribution in [2.45, 2.75) is 25.2 Å². The fraction of sp³-hybridized carbons (Fsp3) is 0.462. The molecule has 0 bridgehead atoms. The second-order valence-corrected chi connectivity index (χ2v) is 6.59. The molecule has 20 heavy (non-hydrogen) atoms. The van der Waals surface area contributed by atoms with Gasteiger partial charge in [-0.1, -0.05) is 6.07 Å². The Kier molecular flexibility index (Phi) is 5.67. The van der Waals surface area contributed by atoms with Gasteiger partial charge in [-0.3, -0.25) is 10.2 Å². The molecule has 0 aliphatic rings. The summed E-state index contributed by atoms with van der Waals surface area (Å²) in [6, 6.07) is 4.95. The molecule has 0 saturated carbocycles. The summed E-state index contributed by atoms with van der Waals surface area (Å²) in [4.78, 5) is 11.6. The van der Waals surface area contributed by atoms with Gasteiger partial charge >= 0.3 is 0 Å². The van der Waals surface area contributed by atoms with Crippen LogP contribution < -0.4 is 10.1 Å².